The molecule has 2 aromatic rings. The summed E-state index contributed by atoms with van der Waals surface area (Å²) in [6.45, 7) is 2.77. The Labute approximate surface area is 113 Å². The summed E-state index contributed by atoms with van der Waals surface area (Å²) in [7, 11) is 0. The average molecular weight is 257 g/mol. The Kier molecular flexibility index (Phi) is 3.84. The lowest BCUT2D eigenvalue weighted by molar-refractivity contribution is 0.158. The van der Waals surface area contributed by atoms with Crippen LogP contribution in [0.1, 0.15) is 18.6 Å². The molecule has 3 rings (SSSR count). The maximum Gasteiger partial charge on any atom is 0.119 e. The minimum atomic E-state index is 0.491. The van der Waals surface area contributed by atoms with Crippen molar-refractivity contribution in [3.05, 3.63) is 54.5 Å². The summed E-state index contributed by atoms with van der Waals surface area (Å²) in [5, 5.41) is 0. The van der Waals surface area contributed by atoms with Gasteiger partial charge in [-0.1, -0.05) is 18.2 Å². The Morgan fingerprint density at radius 2 is 2.05 bits per heavy atom. The zero-order valence-corrected chi connectivity index (χ0v) is 11.0. The predicted octanol–water partition coefficient (Wildman–Crippen LogP) is 3.32. The lowest BCUT2D eigenvalue weighted by Gasteiger charge is -2.23. The largest absolute Gasteiger partial charge is 0.492 e. The van der Waals surface area contributed by atoms with Gasteiger partial charge in [0.1, 0.15) is 18.1 Å². The highest BCUT2D eigenvalue weighted by Crippen LogP contribution is 2.21. The third-order valence-electron chi connectivity index (χ3n) is 3.62. The zero-order valence-electron chi connectivity index (χ0n) is 11.0. The summed E-state index contributed by atoms with van der Waals surface area (Å²) < 4.78 is 11.3. The van der Waals surface area contributed by atoms with E-state index in [1.54, 1.807) is 6.26 Å². The molecule has 0 amide bonds. The summed E-state index contributed by atoms with van der Waals surface area (Å²) in [5.41, 5.74) is 0. The molecule has 1 aliphatic rings. The van der Waals surface area contributed by atoms with E-state index in [0.717, 1.165) is 31.2 Å². The molecular formula is C16H19NO2. The van der Waals surface area contributed by atoms with Gasteiger partial charge in [-0.3, -0.25) is 4.90 Å². The summed E-state index contributed by atoms with van der Waals surface area (Å²) in [6, 6.07) is 14.5. The van der Waals surface area contributed by atoms with Gasteiger partial charge in [-0.15, -0.1) is 0 Å². The summed E-state index contributed by atoms with van der Waals surface area (Å²) in [5.74, 6) is 1.99. The molecule has 1 saturated heterocycles. The number of likely N-dealkylation sites (tertiary alicyclic amines) is 1. The molecule has 2 heterocycles. The number of nitrogens with zero attached hydrogens (tertiary/aromatic N) is 1. The zero-order chi connectivity index (χ0) is 12.9. The summed E-state index contributed by atoms with van der Waals surface area (Å²) in [4.78, 5) is 2.45. The second-order valence-electron chi connectivity index (χ2n) is 4.97. The van der Waals surface area contributed by atoms with Crippen molar-refractivity contribution in [3.63, 3.8) is 0 Å². The Bertz CT molecular complexity index is 481. The molecule has 3 heteroatoms. The highest BCUT2D eigenvalue weighted by Gasteiger charge is 2.25. The summed E-state index contributed by atoms with van der Waals surface area (Å²) in [6.07, 6.45) is 4.18. The fourth-order valence-electron chi connectivity index (χ4n) is 2.60. The van der Waals surface area contributed by atoms with Crippen molar-refractivity contribution in [2.75, 3.05) is 13.2 Å². The van der Waals surface area contributed by atoms with Crippen molar-refractivity contribution in [3.8, 4) is 5.75 Å². The van der Waals surface area contributed by atoms with Crippen molar-refractivity contribution < 1.29 is 9.15 Å². The molecule has 1 aromatic carbocycles. The van der Waals surface area contributed by atoms with Crippen LogP contribution in [0.3, 0.4) is 0 Å². The number of furan rings is 1. The monoisotopic (exact) mass is 257 g/mol. The first kappa shape index (κ1) is 12.3. The molecule has 0 aliphatic carbocycles. The predicted molar refractivity (Wildman–Crippen MR) is 74.1 cm³/mol. The fourth-order valence-corrected chi connectivity index (χ4v) is 2.60. The number of ether oxygens (including phenoxy) is 1. The summed E-state index contributed by atoms with van der Waals surface area (Å²) >= 11 is 0. The minimum absolute atomic E-state index is 0.491. The van der Waals surface area contributed by atoms with E-state index in [-0.39, 0.29) is 0 Å². The van der Waals surface area contributed by atoms with Crippen LogP contribution in [0, 0.1) is 0 Å². The van der Waals surface area contributed by atoms with Gasteiger partial charge < -0.3 is 9.15 Å². The van der Waals surface area contributed by atoms with E-state index in [0.29, 0.717) is 6.04 Å². The minimum Gasteiger partial charge on any atom is -0.492 e. The number of hydrogen-bond donors (Lipinski definition) is 0. The lowest BCUT2D eigenvalue weighted by Crippen LogP contribution is -2.33. The molecule has 1 atom stereocenters. The van der Waals surface area contributed by atoms with Gasteiger partial charge in [0.15, 0.2) is 0 Å². The average Bonchev–Trinajstić information content (AvgIpc) is 3.10. The molecule has 0 unspecified atom stereocenters. The van der Waals surface area contributed by atoms with Crippen LogP contribution in [0.5, 0.6) is 5.75 Å². The van der Waals surface area contributed by atoms with Gasteiger partial charge in [-0.2, -0.15) is 0 Å². The van der Waals surface area contributed by atoms with Crippen LogP contribution in [0.4, 0.5) is 0 Å². The van der Waals surface area contributed by atoms with Crippen LogP contribution in [-0.4, -0.2) is 24.1 Å². The van der Waals surface area contributed by atoms with Crippen LogP contribution < -0.4 is 4.74 Å². The molecule has 0 spiro atoms. The smallest absolute Gasteiger partial charge is 0.119 e. The van der Waals surface area contributed by atoms with Crippen molar-refractivity contribution in [1.82, 2.24) is 4.90 Å². The Morgan fingerprint density at radius 1 is 1.16 bits per heavy atom. The van der Waals surface area contributed by atoms with E-state index in [4.69, 9.17) is 9.15 Å². The molecule has 0 N–H and O–H groups in total. The maximum atomic E-state index is 5.87. The first-order valence-corrected chi connectivity index (χ1v) is 6.86. The molecule has 0 saturated carbocycles. The standard InChI is InChI=1S/C16H19NO2/c1-2-7-15(8-3-1)19-13-14-6-4-10-17(14)12-16-9-5-11-18-16/h1-3,5,7-9,11,14H,4,6,10,12-13H2/t14-/m0/s1. The highest BCUT2D eigenvalue weighted by molar-refractivity contribution is 5.21. The Balaban J connectivity index is 1.55. The first-order chi connectivity index (χ1) is 9.42. The maximum absolute atomic E-state index is 5.87. The Morgan fingerprint density at radius 3 is 2.84 bits per heavy atom. The first-order valence-electron chi connectivity index (χ1n) is 6.86. The number of para-hydroxylation sites is 1. The second kappa shape index (κ2) is 5.93. The molecule has 0 radical (unpaired) electrons. The quantitative estimate of drug-likeness (QED) is 0.821. The van der Waals surface area contributed by atoms with E-state index < -0.39 is 0 Å². The lowest BCUT2D eigenvalue weighted by atomic mass is 10.2. The van der Waals surface area contributed by atoms with Crippen LogP contribution in [-0.2, 0) is 6.54 Å². The van der Waals surface area contributed by atoms with E-state index in [2.05, 4.69) is 4.90 Å². The molecule has 19 heavy (non-hydrogen) atoms. The molecular weight excluding hydrogens is 238 g/mol. The van der Waals surface area contributed by atoms with Crippen LogP contribution >= 0.6 is 0 Å². The van der Waals surface area contributed by atoms with Crippen LogP contribution in [0.2, 0.25) is 0 Å². The SMILES string of the molecule is c1ccc(OC[C@@H]2CCCN2Cc2ccco2)cc1. The van der Waals surface area contributed by atoms with E-state index in [1.165, 1.54) is 12.8 Å². The van der Waals surface area contributed by atoms with Gasteiger partial charge in [0.2, 0.25) is 0 Å². The van der Waals surface area contributed by atoms with Gasteiger partial charge in [-0.25, -0.2) is 0 Å². The number of rotatable bonds is 5. The molecule has 100 valence electrons. The van der Waals surface area contributed by atoms with Gasteiger partial charge >= 0.3 is 0 Å². The second-order valence-corrected chi connectivity index (χ2v) is 4.97. The molecule has 1 aliphatic heterocycles. The number of hydrogen-bond acceptors (Lipinski definition) is 3. The van der Waals surface area contributed by atoms with Crippen LogP contribution in [0.15, 0.2) is 53.1 Å². The topological polar surface area (TPSA) is 25.6 Å². The van der Waals surface area contributed by atoms with E-state index >= 15 is 0 Å². The van der Waals surface area contributed by atoms with E-state index in [1.807, 2.05) is 42.5 Å². The normalized spacial score (nSPS) is 19.7. The van der Waals surface area contributed by atoms with E-state index in [9.17, 15) is 0 Å². The molecule has 1 aromatic heterocycles. The highest BCUT2D eigenvalue weighted by atomic mass is 16.5. The third kappa shape index (κ3) is 3.18. The molecule has 1 fully saturated rings. The van der Waals surface area contributed by atoms with Crippen molar-refractivity contribution in [1.29, 1.82) is 0 Å². The van der Waals surface area contributed by atoms with Gasteiger partial charge in [0.05, 0.1) is 12.8 Å². The number of benzene rings is 1. The Hall–Kier alpha value is -1.74. The van der Waals surface area contributed by atoms with Gasteiger partial charge in [-0.05, 0) is 43.7 Å². The third-order valence-corrected chi connectivity index (χ3v) is 3.62. The van der Waals surface area contributed by atoms with Gasteiger partial charge in [0, 0.05) is 6.04 Å². The molecule has 0 bridgehead atoms. The van der Waals surface area contributed by atoms with Crippen LogP contribution in [0.25, 0.3) is 0 Å². The fraction of sp³-hybridized carbons (Fsp3) is 0.375. The van der Waals surface area contributed by atoms with Crippen molar-refractivity contribution >= 4 is 0 Å². The molecule has 3 nitrogen and oxygen atoms in total. The van der Waals surface area contributed by atoms with Crippen molar-refractivity contribution in [2.45, 2.75) is 25.4 Å². The van der Waals surface area contributed by atoms with Gasteiger partial charge in [0.25, 0.3) is 0 Å². The van der Waals surface area contributed by atoms with Crippen molar-refractivity contribution in [2.24, 2.45) is 0 Å².